The van der Waals surface area contributed by atoms with Crippen LogP contribution in [-0.4, -0.2) is 31.8 Å². The molecule has 9 nitrogen and oxygen atoms in total. The van der Waals surface area contributed by atoms with Gasteiger partial charge in [-0.1, -0.05) is 6.92 Å². The number of esters is 1. The molecule has 0 fully saturated rings. The Morgan fingerprint density at radius 2 is 2.09 bits per heavy atom. The van der Waals surface area contributed by atoms with Crippen LogP contribution in [0.2, 0.25) is 0 Å². The molecule has 0 bridgehead atoms. The van der Waals surface area contributed by atoms with Gasteiger partial charge >= 0.3 is 12.1 Å². The summed E-state index contributed by atoms with van der Waals surface area (Å²) in [6, 6.07) is 2.82. The number of cyclic esters (lactones) is 1. The van der Waals surface area contributed by atoms with Crippen molar-refractivity contribution in [2.75, 3.05) is 0 Å². The Balaban J connectivity index is 1.84. The van der Waals surface area contributed by atoms with Gasteiger partial charge in [-0.05, 0) is 46.5 Å². The van der Waals surface area contributed by atoms with E-state index in [4.69, 9.17) is 4.74 Å². The predicted molar refractivity (Wildman–Crippen MR) is 122 cm³/mol. The number of ether oxygens (including phenoxy) is 1. The summed E-state index contributed by atoms with van der Waals surface area (Å²) in [5.74, 6) is -1.32. The van der Waals surface area contributed by atoms with Crippen molar-refractivity contribution in [3.8, 4) is 11.4 Å². The molecule has 4 heterocycles. The first-order chi connectivity index (χ1) is 16.1. The van der Waals surface area contributed by atoms with Crippen molar-refractivity contribution in [2.24, 2.45) is 0 Å². The molecule has 1 aromatic carbocycles. The maximum Gasteiger partial charge on any atom is 0.404 e. The molecule has 0 aliphatic carbocycles. The van der Waals surface area contributed by atoms with Crippen LogP contribution in [0.4, 0.5) is 9.18 Å². The second kappa shape index (κ2) is 7.60. The van der Waals surface area contributed by atoms with Crippen LogP contribution in [0.3, 0.4) is 0 Å². The number of carboxylic acid groups (broad SMARTS) is 1. The minimum Gasteiger partial charge on any atom is -0.465 e. The van der Waals surface area contributed by atoms with Crippen LogP contribution in [0.25, 0.3) is 22.3 Å². The molecule has 5 rings (SSSR count). The van der Waals surface area contributed by atoms with E-state index < -0.39 is 29.0 Å². The van der Waals surface area contributed by atoms with Crippen LogP contribution < -0.4 is 10.9 Å². The number of carbonyl (C=O) groups is 2. The SMILES string of the molecule is CC[C@@]1(O)C(=O)OCc2c1cc1n(c2=O)Cc2c-1nc1cc(F)c(C)c(Br)c1c2CNC(=O)O. The molecular formula is C23H19BrFN3O6. The average Bonchev–Trinajstić information content (AvgIpc) is 3.17. The van der Waals surface area contributed by atoms with Crippen molar-refractivity contribution < 1.29 is 28.9 Å². The Kier molecular flexibility index (Phi) is 5.03. The summed E-state index contributed by atoms with van der Waals surface area (Å²) < 4.78 is 21.5. The Bertz CT molecular complexity index is 1500. The van der Waals surface area contributed by atoms with Crippen LogP contribution in [0.15, 0.2) is 21.4 Å². The van der Waals surface area contributed by atoms with Crippen molar-refractivity contribution >= 4 is 38.9 Å². The number of carbonyl (C=O) groups excluding carboxylic acids is 1. The molecule has 176 valence electrons. The molecule has 0 saturated carbocycles. The molecule has 0 radical (unpaired) electrons. The summed E-state index contributed by atoms with van der Waals surface area (Å²) >= 11 is 3.42. The van der Waals surface area contributed by atoms with Crippen LogP contribution in [0.5, 0.6) is 0 Å². The Hall–Kier alpha value is -3.31. The van der Waals surface area contributed by atoms with Gasteiger partial charge < -0.3 is 24.8 Å². The number of amides is 1. The van der Waals surface area contributed by atoms with Crippen molar-refractivity contribution in [3.05, 3.63) is 60.6 Å². The van der Waals surface area contributed by atoms with E-state index in [1.54, 1.807) is 19.9 Å². The van der Waals surface area contributed by atoms with Gasteiger partial charge in [0.15, 0.2) is 5.60 Å². The quantitative estimate of drug-likeness (QED) is 0.346. The van der Waals surface area contributed by atoms with Gasteiger partial charge in [0.1, 0.15) is 12.4 Å². The van der Waals surface area contributed by atoms with Gasteiger partial charge in [0.05, 0.1) is 29.0 Å². The monoisotopic (exact) mass is 531 g/mol. The second-order valence-corrected chi connectivity index (χ2v) is 9.16. The summed E-state index contributed by atoms with van der Waals surface area (Å²) in [5, 5.41) is 23.1. The smallest absolute Gasteiger partial charge is 0.404 e. The zero-order valence-electron chi connectivity index (χ0n) is 18.2. The minimum absolute atomic E-state index is 0.00491. The number of pyridine rings is 2. The van der Waals surface area contributed by atoms with Crippen LogP contribution in [0, 0.1) is 12.7 Å². The van der Waals surface area contributed by atoms with Crippen molar-refractivity contribution in [1.29, 1.82) is 0 Å². The van der Waals surface area contributed by atoms with E-state index in [-0.39, 0.29) is 42.8 Å². The number of halogens is 2. The van der Waals surface area contributed by atoms with Gasteiger partial charge in [-0.15, -0.1) is 0 Å². The summed E-state index contributed by atoms with van der Waals surface area (Å²) in [4.78, 5) is 41.6. The number of aliphatic hydroxyl groups is 1. The summed E-state index contributed by atoms with van der Waals surface area (Å²) in [7, 11) is 0. The molecule has 3 aromatic rings. The Labute approximate surface area is 200 Å². The number of rotatable bonds is 3. The largest absolute Gasteiger partial charge is 0.465 e. The third-order valence-corrected chi connectivity index (χ3v) is 7.62. The third kappa shape index (κ3) is 3.00. The van der Waals surface area contributed by atoms with E-state index in [1.165, 1.54) is 10.6 Å². The Morgan fingerprint density at radius 3 is 2.76 bits per heavy atom. The lowest BCUT2D eigenvalue weighted by Crippen LogP contribution is -2.44. The normalized spacial score (nSPS) is 18.3. The lowest BCUT2D eigenvalue weighted by Gasteiger charge is -2.31. The van der Waals surface area contributed by atoms with E-state index in [1.807, 2.05) is 0 Å². The fourth-order valence-corrected chi connectivity index (χ4v) is 5.35. The Morgan fingerprint density at radius 1 is 1.35 bits per heavy atom. The van der Waals surface area contributed by atoms with E-state index >= 15 is 0 Å². The number of hydrogen-bond donors (Lipinski definition) is 3. The highest BCUT2D eigenvalue weighted by molar-refractivity contribution is 9.10. The molecule has 2 aromatic heterocycles. The molecule has 34 heavy (non-hydrogen) atoms. The number of aromatic nitrogens is 2. The van der Waals surface area contributed by atoms with Gasteiger partial charge in [0.2, 0.25) is 0 Å². The molecular weight excluding hydrogens is 513 g/mol. The number of fused-ring (bicyclic) bond motifs is 5. The van der Waals surface area contributed by atoms with Crippen molar-refractivity contribution in [1.82, 2.24) is 14.9 Å². The summed E-state index contributed by atoms with van der Waals surface area (Å²) in [6.07, 6.45) is -1.23. The van der Waals surface area contributed by atoms with Crippen LogP contribution in [-0.2, 0) is 34.8 Å². The van der Waals surface area contributed by atoms with E-state index in [0.717, 1.165) is 0 Å². The van der Waals surface area contributed by atoms with Crippen LogP contribution >= 0.6 is 15.9 Å². The molecule has 0 spiro atoms. The molecule has 0 unspecified atom stereocenters. The zero-order chi connectivity index (χ0) is 24.5. The van der Waals surface area contributed by atoms with E-state index in [0.29, 0.717) is 37.9 Å². The average molecular weight is 532 g/mol. The number of hydrogen-bond acceptors (Lipinski definition) is 6. The number of benzene rings is 1. The molecule has 3 N–H and O–H groups in total. The lowest BCUT2D eigenvalue weighted by molar-refractivity contribution is -0.172. The van der Waals surface area contributed by atoms with Gasteiger partial charge in [-0.3, -0.25) is 4.79 Å². The lowest BCUT2D eigenvalue weighted by atomic mass is 9.86. The van der Waals surface area contributed by atoms with E-state index in [2.05, 4.69) is 26.2 Å². The summed E-state index contributed by atoms with van der Waals surface area (Å²) in [5.41, 5.74) is 0.429. The maximum atomic E-state index is 14.6. The summed E-state index contributed by atoms with van der Waals surface area (Å²) in [6.45, 7) is 2.95. The maximum absolute atomic E-state index is 14.6. The number of nitrogens with zero attached hydrogens (tertiary/aromatic N) is 2. The minimum atomic E-state index is -1.97. The van der Waals surface area contributed by atoms with Gasteiger partial charge in [-0.2, -0.15) is 0 Å². The van der Waals surface area contributed by atoms with Gasteiger partial charge in [0.25, 0.3) is 5.56 Å². The zero-order valence-corrected chi connectivity index (χ0v) is 19.7. The first-order valence-corrected chi connectivity index (χ1v) is 11.3. The van der Waals surface area contributed by atoms with Crippen LogP contribution in [0.1, 0.15) is 41.2 Å². The molecule has 2 aliphatic heterocycles. The topological polar surface area (TPSA) is 131 Å². The first-order valence-electron chi connectivity index (χ1n) is 10.5. The second-order valence-electron chi connectivity index (χ2n) is 8.37. The fourth-order valence-electron chi connectivity index (χ4n) is 4.71. The predicted octanol–water partition coefficient (Wildman–Crippen LogP) is 3.06. The first kappa shape index (κ1) is 22.5. The molecule has 0 saturated heterocycles. The highest BCUT2D eigenvalue weighted by atomic mass is 79.9. The van der Waals surface area contributed by atoms with Crippen molar-refractivity contribution in [3.63, 3.8) is 0 Å². The molecule has 2 aliphatic rings. The van der Waals surface area contributed by atoms with E-state index in [9.17, 15) is 29.0 Å². The highest BCUT2D eigenvalue weighted by Crippen LogP contribution is 2.42. The van der Waals surface area contributed by atoms with Crippen molar-refractivity contribution in [2.45, 2.75) is 45.6 Å². The molecule has 11 heteroatoms. The standard InChI is InChI=1S/C23H19BrFN3O6/c1-3-23(33)13-4-16-19-11(7-28(16)20(29)12(13)8-34-21(23)30)10(6-26-22(31)32)17-15(27-19)5-14(25)9(2)18(17)24/h4-5,26,33H,3,6-8H2,1-2H3,(H,31,32)/t23-/m0/s1. The highest BCUT2D eigenvalue weighted by Gasteiger charge is 2.45. The fraction of sp³-hybridized carbons (Fsp3) is 0.304. The third-order valence-electron chi connectivity index (χ3n) is 6.63. The van der Waals surface area contributed by atoms with Gasteiger partial charge in [0, 0.05) is 33.6 Å². The molecule has 1 atom stereocenters. The van der Waals surface area contributed by atoms with Gasteiger partial charge in [-0.25, -0.2) is 19.0 Å². The number of nitrogens with one attached hydrogen (secondary N) is 1. The molecule has 1 amide bonds.